The fourth-order valence-corrected chi connectivity index (χ4v) is 1.86. The van der Waals surface area contributed by atoms with Crippen LogP contribution in [-0.2, 0) is 27.4 Å². The van der Waals surface area contributed by atoms with Crippen LogP contribution in [0.4, 0.5) is 0 Å². The molecule has 0 spiro atoms. The average molecular weight is 252 g/mol. The fraction of sp³-hybridized carbons (Fsp3) is 0.500. The lowest BCUT2D eigenvalue weighted by atomic mass is 10.0. The Bertz CT molecular complexity index is 387. The summed E-state index contributed by atoms with van der Waals surface area (Å²) in [7, 11) is 1.29. The molecule has 0 aromatic heterocycles. The second kappa shape index (κ2) is 7.71. The van der Waals surface area contributed by atoms with Crippen LogP contribution in [0.5, 0.6) is 5.75 Å². The van der Waals surface area contributed by atoms with Crippen LogP contribution in [0.1, 0.15) is 37.3 Å². The number of phenols is 1. The van der Waals surface area contributed by atoms with Crippen LogP contribution in [0.25, 0.3) is 0 Å². The first-order valence-corrected chi connectivity index (χ1v) is 6.21. The maximum atomic E-state index is 11.3. The number of hydrogen-bond donors (Lipinski definition) is 1. The van der Waals surface area contributed by atoms with Gasteiger partial charge in [0.25, 0.3) is 0 Å². The molecule has 1 N–H and O–H groups in total. The minimum absolute atomic E-state index is 0.100. The maximum Gasteiger partial charge on any atom is 0.346 e. The highest BCUT2D eigenvalue weighted by molar-refractivity contribution is 5.72. The van der Waals surface area contributed by atoms with E-state index < -0.39 is 5.97 Å². The quantitative estimate of drug-likeness (QED) is 0.460. The number of benzene rings is 1. The van der Waals surface area contributed by atoms with E-state index in [4.69, 9.17) is 0 Å². The van der Waals surface area contributed by atoms with Gasteiger partial charge in [-0.15, -0.1) is 0 Å². The average Bonchev–Trinajstić information content (AvgIpc) is 2.28. The van der Waals surface area contributed by atoms with E-state index in [9.17, 15) is 9.90 Å². The molecule has 0 bridgehead atoms. The van der Waals surface area contributed by atoms with E-state index in [-0.39, 0.29) is 12.2 Å². The molecule has 18 heavy (non-hydrogen) atoms. The summed E-state index contributed by atoms with van der Waals surface area (Å²) < 4.78 is 0. The van der Waals surface area contributed by atoms with Crippen LogP contribution < -0.4 is 0 Å². The van der Waals surface area contributed by atoms with E-state index in [1.165, 1.54) is 7.11 Å². The molecule has 0 atom stereocenters. The van der Waals surface area contributed by atoms with Crippen molar-refractivity contribution in [1.82, 2.24) is 0 Å². The summed E-state index contributed by atoms with van der Waals surface area (Å²) in [6.07, 6.45) is 4.42. The van der Waals surface area contributed by atoms with Crippen molar-refractivity contribution in [2.45, 2.75) is 39.0 Å². The highest BCUT2D eigenvalue weighted by Crippen LogP contribution is 2.18. The Kier molecular flexibility index (Phi) is 6.22. The molecule has 1 aromatic carbocycles. The first-order valence-electron chi connectivity index (χ1n) is 6.21. The summed E-state index contributed by atoms with van der Waals surface area (Å²) >= 11 is 0. The van der Waals surface area contributed by atoms with Crippen molar-refractivity contribution in [2.75, 3.05) is 7.11 Å². The summed E-state index contributed by atoms with van der Waals surface area (Å²) in [6, 6.07) is 5.23. The molecule has 4 heteroatoms. The predicted octanol–water partition coefficient (Wildman–Crippen LogP) is 2.77. The van der Waals surface area contributed by atoms with Crippen LogP contribution in [0.2, 0.25) is 0 Å². The topological polar surface area (TPSA) is 55.8 Å². The Morgan fingerprint density at radius 3 is 2.61 bits per heavy atom. The molecule has 0 fully saturated rings. The minimum atomic E-state index is -0.470. The summed E-state index contributed by atoms with van der Waals surface area (Å²) in [5, 5.41) is 9.61. The highest BCUT2D eigenvalue weighted by Gasteiger charge is 2.07. The van der Waals surface area contributed by atoms with Crippen LogP contribution in [0, 0.1) is 0 Å². The molecule has 4 nitrogen and oxygen atoms in total. The summed E-state index contributed by atoms with van der Waals surface area (Å²) in [4.78, 5) is 20.0. The molecule has 0 amide bonds. The third-order valence-corrected chi connectivity index (χ3v) is 2.63. The van der Waals surface area contributed by atoms with Crippen molar-refractivity contribution in [3.63, 3.8) is 0 Å². The fourth-order valence-electron chi connectivity index (χ4n) is 1.86. The number of carbonyl (C=O) groups excluding carboxylic acids is 1. The largest absolute Gasteiger partial charge is 0.508 e. The minimum Gasteiger partial charge on any atom is -0.508 e. The van der Waals surface area contributed by atoms with Gasteiger partial charge in [-0.3, -0.25) is 4.89 Å². The predicted molar refractivity (Wildman–Crippen MR) is 68.1 cm³/mol. The first kappa shape index (κ1) is 14.5. The molecule has 0 saturated carbocycles. The van der Waals surface area contributed by atoms with E-state index in [0.29, 0.717) is 0 Å². The Hall–Kier alpha value is -1.55. The van der Waals surface area contributed by atoms with Crippen LogP contribution in [0.15, 0.2) is 18.2 Å². The molecule has 0 aliphatic heterocycles. The number of hydrogen-bond acceptors (Lipinski definition) is 4. The van der Waals surface area contributed by atoms with Gasteiger partial charge in [0.15, 0.2) is 0 Å². The van der Waals surface area contributed by atoms with Gasteiger partial charge in [0, 0.05) is 0 Å². The van der Waals surface area contributed by atoms with Gasteiger partial charge in [-0.05, 0) is 36.1 Å². The Balaban J connectivity index is 2.65. The van der Waals surface area contributed by atoms with Gasteiger partial charge in [0.05, 0.1) is 13.5 Å². The van der Waals surface area contributed by atoms with Gasteiger partial charge >= 0.3 is 5.97 Å². The number of aryl methyl sites for hydroxylation is 1. The van der Waals surface area contributed by atoms with E-state index in [1.54, 1.807) is 12.1 Å². The zero-order valence-electron chi connectivity index (χ0n) is 10.9. The van der Waals surface area contributed by atoms with Crippen LogP contribution >= 0.6 is 0 Å². The Labute approximate surface area is 107 Å². The van der Waals surface area contributed by atoms with Crippen molar-refractivity contribution in [2.24, 2.45) is 0 Å². The van der Waals surface area contributed by atoms with Gasteiger partial charge in [-0.1, -0.05) is 25.8 Å². The lowest BCUT2D eigenvalue weighted by Gasteiger charge is -2.06. The summed E-state index contributed by atoms with van der Waals surface area (Å²) in [5.41, 5.74) is 1.78. The van der Waals surface area contributed by atoms with E-state index in [2.05, 4.69) is 16.7 Å². The van der Waals surface area contributed by atoms with Crippen molar-refractivity contribution in [3.8, 4) is 5.75 Å². The molecule has 0 radical (unpaired) electrons. The second-order valence-electron chi connectivity index (χ2n) is 4.26. The van der Waals surface area contributed by atoms with Gasteiger partial charge in [0.1, 0.15) is 5.75 Å². The molecule has 0 saturated heterocycles. The van der Waals surface area contributed by atoms with Gasteiger partial charge in [0.2, 0.25) is 0 Å². The lowest BCUT2D eigenvalue weighted by Crippen LogP contribution is -2.07. The third kappa shape index (κ3) is 5.19. The number of carbonyl (C=O) groups is 1. The van der Waals surface area contributed by atoms with Crippen molar-refractivity contribution in [1.29, 1.82) is 0 Å². The number of unbranched alkanes of at least 4 members (excludes halogenated alkanes) is 2. The molecule has 0 heterocycles. The van der Waals surface area contributed by atoms with E-state index in [1.807, 2.05) is 6.07 Å². The van der Waals surface area contributed by atoms with Crippen molar-refractivity contribution >= 4 is 5.97 Å². The van der Waals surface area contributed by atoms with Crippen molar-refractivity contribution < 1.29 is 19.7 Å². The van der Waals surface area contributed by atoms with Gasteiger partial charge in [-0.25, -0.2) is 4.79 Å². The lowest BCUT2D eigenvalue weighted by molar-refractivity contribution is -0.254. The third-order valence-electron chi connectivity index (χ3n) is 2.63. The molecule has 1 rings (SSSR count). The Morgan fingerprint density at radius 2 is 1.94 bits per heavy atom. The number of phenolic OH excluding ortho intramolecular Hbond substituents is 1. The maximum absolute atomic E-state index is 11.3. The highest BCUT2D eigenvalue weighted by atomic mass is 17.2. The van der Waals surface area contributed by atoms with E-state index in [0.717, 1.165) is 36.8 Å². The Morgan fingerprint density at radius 1 is 1.22 bits per heavy atom. The summed E-state index contributed by atoms with van der Waals surface area (Å²) in [6.45, 7) is 2.15. The molecule has 0 unspecified atom stereocenters. The number of rotatable bonds is 7. The van der Waals surface area contributed by atoms with Crippen LogP contribution in [-0.4, -0.2) is 18.2 Å². The molecule has 0 aliphatic carbocycles. The molecular formula is C14H20O4. The molecular weight excluding hydrogens is 232 g/mol. The molecule has 1 aromatic rings. The van der Waals surface area contributed by atoms with Gasteiger partial charge in [-0.2, -0.15) is 4.89 Å². The molecule has 100 valence electrons. The molecule has 0 aliphatic rings. The smallest absolute Gasteiger partial charge is 0.346 e. The number of aromatic hydroxyl groups is 1. The van der Waals surface area contributed by atoms with E-state index >= 15 is 0 Å². The van der Waals surface area contributed by atoms with Gasteiger partial charge < -0.3 is 5.11 Å². The normalized spacial score (nSPS) is 10.3. The second-order valence-corrected chi connectivity index (χ2v) is 4.26. The standard InChI is InChI=1S/C14H20O4/c1-3-4-5-6-11-7-12(9-13(15)8-11)10-14(16)18-17-2/h7-9,15H,3-6,10H2,1-2H3. The SMILES string of the molecule is CCCCCc1cc(O)cc(CC(=O)OOC)c1. The first-order chi connectivity index (χ1) is 8.65. The van der Waals surface area contributed by atoms with Crippen molar-refractivity contribution in [3.05, 3.63) is 29.3 Å². The summed E-state index contributed by atoms with van der Waals surface area (Å²) in [5.74, 6) is -0.285. The monoisotopic (exact) mass is 252 g/mol. The van der Waals surface area contributed by atoms with Crippen LogP contribution in [0.3, 0.4) is 0 Å². The zero-order chi connectivity index (χ0) is 13.4. The zero-order valence-corrected chi connectivity index (χ0v) is 10.9.